The summed E-state index contributed by atoms with van der Waals surface area (Å²) in [6.45, 7) is 3.39. The number of aliphatic hydroxyl groups excluding tert-OH is 1. The van der Waals surface area contributed by atoms with E-state index in [2.05, 4.69) is 15.7 Å². The second-order valence-electron chi connectivity index (χ2n) is 4.26. The predicted octanol–water partition coefficient (Wildman–Crippen LogP) is -0.638. The van der Waals surface area contributed by atoms with E-state index in [1.165, 1.54) is 6.92 Å². The lowest BCUT2D eigenvalue weighted by Crippen LogP contribution is -2.50. The molecule has 8 heteroatoms. The third kappa shape index (κ3) is 3.95. The Bertz CT molecular complexity index is 469. The molecule has 0 aliphatic carbocycles. The zero-order chi connectivity index (χ0) is 14.6. The first-order valence-electron chi connectivity index (χ1n) is 5.75. The Balaban J connectivity index is 2.52. The molecule has 19 heavy (non-hydrogen) atoms. The van der Waals surface area contributed by atoms with Crippen LogP contribution in [0.1, 0.15) is 18.2 Å². The molecule has 2 amide bonds. The first-order chi connectivity index (χ1) is 8.82. The molecule has 4 N–H and O–H groups in total. The first-order valence-corrected chi connectivity index (χ1v) is 5.75. The summed E-state index contributed by atoms with van der Waals surface area (Å²) in [7, 11) is 1.78. The number of amides is 2. The van der Waals surface area contributed by atoms with Crippen LogP contribution in [-0.2, 0) is 18.4 Å². The Labute approximate surface area is 110 Å². The number of carbonyl (C=O) groups excluding carboxylic acids is 1. The highest BCUT2D eigenvalue weighted by atomic mass is 16.4. The van der Waals surface area contributed by atoms with Gasteiger partial charge in [-0.1, -0.05) is 0 Å². The van der Waals surface area contributed by atoms with Gasteiger partial charge in [-0.2, -0.15) is 5.10 Å². The van der Waals surface area contributed by atoms with E-state index in [1.807, 2.05) is 6.92 Å². The van der Waals surface area contributed by atoms with Gasteiger partial charge in [0.2, 0.25) is 0 Å². The number of hydrogen-bond acceptors (Lipinski definition) is 4. The van der Waals surface area contributed by atoms with E-state index in [4.69, 9.17) is 5.11 Å². The van der Waals surface area contributed by atoms with Crippen LogP contribution in [0, 0.1) is 6.92 Å². The van der Waals surface area contributed by atoms with E-state index >= 15 is 0 Å². The molecule has 0 radical (unpaired) electrons. The fourth-order valence-electron chi connectivity index (χ4n) is 1.47. The number of carboxylic acid groups (broad SMARTS) is 1. The highest BCUT2D eigenvalue weighted by Crippen LogP contribution is 2.04. The maximum Gasteiger partial charge on any atom is 0.328 e. The average molecular weight is 270 g/mol. The molecule has 0 saturated heterocycles. The molecule has 1 rings (SSSR count). The molecule has 8 nitrogen and oxygen atoms in total. The number of urea groups is 1. The van der Waals surface area contributed by atoms with Gasteiger partial charge in [-0.05, 0) is 13.8 Å². The van der Waals surface area contributed by atoms with Crippen molar-refractivity contribution in [3.63, 3.8) is 0 Å². The number of carboxylic acids is 1. The summed E-state index contributed by atoms with van der Waals surface area (Å²) < 4.78 is 1.67. The zero-order valence-electron chi connectivity index (χ0n) is 11.0. The molecule has 0 aliphatic heterocycles. The van der Waals surface area contributed by atoms with Gasteiger partial charge in [0.05, 0.1) is 12.3 Å². The Morgan fingerprint density at radius 1 is 1.53 bits per heavy atom. The van der Waals surface area contributed by atoms with Crippen LogP contribution >= 0.6 is 0 Å². The van der Waals surface area contributed by atoms with Gasteiger partial charge in [-0.25, -0.2) is 9.59 Å². The lowest BCUT2D eigenvalue weighted by molar-refractivity contribution is -0.141. The Morgan fingerprint density at radius 3 is 2.58 bits per heavy atom. The fraction of sp³-hybridized carbons (Fsp3) is 0.545. The van der Waals surface area contributed by atoms with Crippen molar-refractivity contribution < 1.29 is 19.8 Å². The Hall–Kier alpha value is -2.09. The number of hydrogen-bond donors (Lipinski definition) is 4. The average Bonchev–Trinajstić information content (AvgIpc) is 2.63. The van der Waals surface area contributed by atoms with Crippen molar-refractivity contribution >= 4 is 12.0 Å². The molecule has 0 aromatic carbocycles. The third-order valence-electron chi connectivity index (χ3n) is 2.81. The van der Waals surface area contributed by atoms with Crippen molar-refractivity contribution in [1.29, 1.82) is 0 Å². The molecule has 106 valence electrons. The van der Waals surface area contributed by atoms with Crippen molar-refractivity contribution in [2.45, 2.75) is 32.5 Å². The van der Waals surface area contributed by atoms with Crippen molar-refractivity contribution in [3.05, 3.63) is 17.5 Å². The number of aliphatic carboxylic acids is 1. The van der Waals surface area contributed by atoms with E-state index in [0.29, 0.717) is 0 Å². The van der Waals surface area contributed by atoms with Gasteiger partial charge in [-0.15, -0.1) is 0 Å². The van der Waals surface area contributed by atoms with Crippen LogP contribution in [0.3, 0.4) is 0 Å². The Morgan fingerprint density at radius 2 is 2.16 bits per heavy atom. The van der Waals surface area contributed by atoms with E-state index < -0.39 is 24.1 Å². The van der Waals surface area contributed by atoms with Gasteiger partial charge in [0.15, 0.2) is 6.04 Å². The van der Waals surface area contributed by atoms with Crippen LogP contribution in [0.15, 0.2) is 6.20 Å². The molecule has 0 aliphatic rings. The molecule has 2 atom stereocenters. The lowest BCUT2D eigenvalue weighted by atomic mass is 10.2. The third-order valence-corrected chi connectivity index (χ3v) is 2.81. The number of nitrogens with zero attached hydrogens (tertiary/aromatic N) is 2. The van der Waals surface area contributed by atoms with Crippen LogP contribution < -0.4 is 10.6 Å². The summed E-state index contributed by atoms with van der Waals surface area (Å²) in [5.41, 5.74) is 1.74. The smallest absolute Gasteiger partial charge is 0.328 e. The van der Waals surface area contributed by atoms with Crippen LogP contribution in [0.25, 0.3) is 0 Å². The number of aromatic nitrogens is 2. The van der Waals surface area contributed by atoms with Gasteiger partial charge in [-0.3, -0.25) is 4.68 Å². The largest absolute Gasteiger partial charge is 0.480 e. The van der Waals surface area contributed by atoms with Gasteiger partial charge in [0, 0.05) is 24.8 Å². The number of aryl methyl sites for hydroxylation is 1. The molecule has 0 spiro atoms. The van der Waals surface area contributed by atoms with Crippen LogP contribution in [0.2, 0.25) is 0 Å². The molecular weight excluding hydrogens is 252 g/mol. The van der Waals surface area contributed by atoms with Crippen molar-refractivity contribution in [2.75, 3.05) is 0 Å². The van der Waals surface area contributed by atoms with E-state index in [-0.39, 0.29) is 6.54 Å². The highest BCUT2D eigenvalue weighted by Gasteiger charge is 2.24. The molecule has 2 unspecified atom stereocenters. The van der Waals surface area contributed by atoms with Gasteiger partial charge in [0.25, 0.3) is 0 Å². The minimum absolute atomic E-state index is 0.234. The minimum Gasteiger partial charge on any atom is -0.480 e. The van der Waals surface area contributed by atoms with Crippen molar-refractivity contribution in [1.82, 2.24) is 20.4 Å². The standard InChI is InChI=1S/C11H18N4O4/c1-6-8(5-13-15(6)3)4-12-11(19)14-9(7(2)16)10(17)18/h5,7,9,16H,4H2,1-3H3,(H,17,18)(H2,12,14,19). The summed E-state index contributed by atoms with van der Waals surface area (Å²) in [4.78, 5) is 22.3. The SMILES string of the molecule is Cc1c(CNC(=O)NC(C(=O)O)C(C)O)cnn1C. The van der Waals surface area contributed by atoms with Crippen molar-refractivity contribution in [3.8, 4) is 0 Å². The topological polar surface area (TPSA) is 116 Å². The predicted molar refractivity (Wildman–Crippen MR) is 66.4 cm³/mol. The number of rotatable bonds is 5. The molecule has 1 aromatic heterocycles. The molecule has 0 saturated carbocycles. The number of carbonyl (C=O) groups is 2. The van der Waals surface area contributed by atoms with Crippen LogP contribution in [0.5, 0.6) is 0 Å². The molecule has 0 fully saturated rings. The lowest BCUT2D eigenvalue weighted by Gasteiger charge is -2.17. The highest BCUT2D eigenvalue weighted by molar-refractivity contribution is 5.82. The summed E-state index contributed by atoms with van der Waals surface area (Å²) in [6.07, 6.45) is 0.447. The van der Waals surface area contributed by atoms with Crippen LogP contribution in [-0.4, -0.2) is 44.1 Å². The maximum atomic E-state index is 11.5. The van der Waals surface area contributed by atoms with Gasteiger partial charge >= 0.3 is 12.0 Å². The Kier molecular flexibility index (Phi) is 4.87. The summed E-state index contributed by atoms with van der Waals surface area (Å²) in [6, 6.07) is -1.99. The number of nitrogens with one attached hydrogen (secondary N) is 2. The van der Waals surface area contributed by atoms with E-state index in [9.17, 15) is 14.7 Å². The van der Waals surface area contributed by atoms with Crippen LogP contribution in [0.4, 0.5) is 4.79 Å². The normalized spacial score (nSPS) is 13.7. The molecule has 1 aromatic rings. The summed E-state index contributed by atoms with van der Waals surface area (Å²) in [5, 5.41) is 26.8. The minimum atomic E-state index is -1.34. The number of aliphatic hydroxyl groups is 1. The fourth-order valence-corrected chi connectivity index (χ4v) is 1.47. The second-order valence-corrected chi connectivity index (χ2v) is 4.26. The monoisotopic (exact) mass is 270 g/mol. The summed E-state index contributed by atoms with van der Waals surface area (Å²) >= 11 is 0. The zero-order valence-corrected chi connectivity index (χ0v) is 11.0. The molecular formula is C11H18N4O4. The maximum absolute atomic E-state index is 11.5. The van der Waals surface area contributed by atoms with E-state index in [0.717, 1.165) is 11.3 Å². The van der Waals surface area contributed by atoms with Crippen molar-refractivity contribution in [2.24, 2.45) is 7.05 Å². The van der Waals surface area contributed by atoms with Gasteiger partial charge < -0.3 is 20.8 Å². The van der Waals surface area contributed by atoms with Gasteiger partial charge in [0.1, 0.15) is 0 Å². The quantitative estimate of drug-likeness (QED) is 0.568. The molecule has 0 bridgehead atoms. The summed E-state index contributed by atoms with van der Waals surface area (Å²) in [5.74, 6) is -1.29. The second kappa shape index (κ2) is 6.19. The molecule has 1 heterocycles. The first kappa shape index (κ1) is 15.0. The van der Waals surface area contributed by atoms with E-state index in [1.54, 1.807) is 17.9 Å².